The first-order chi connectivity index (χ1) is 9.24. The van der Waals surface area contributed by atoms with Crippen LogP contribution in [-0.4, -0.2) is 19.6 Å². The highest BCUT2D eigenvalue weighted by Crippen LogP contribution is 2.25. The van der Waals surface area contributed by atoms with Gasteiger partial charge in [0.15, 0.2) is 5.65 Å². The number of hydrogen-bond donors (Lipinski definition) is 1. The van der Waals surface area contributed by atoms with Gasteiger partial charge in [0, 0.05) is 18.4 Å². The molecule has 0 fully saturated rings. The lowest BCUT2D eigenvalue weighted by atomic mass is 10.2. The molecular weight excluding hydrogens is 258 g/mol. The van der Waals surface area contributed by atoms with Crippen molar-refractivity contribution in [2.75, 3.05) is 0 Å². The molecule has 3 aromatic rings. The molecule has 0 saturated heterocycles. The summed E-state index contributed by atoms with van der Waals surface area (Å²) in [5.74, 6) is 0. The summed E-state index contributed by atoms with van der Waals surface area (Å²) in [4.78, 5) is 4.38. The van der Waals surface area contributed by atoms with Gasteiger partial charge in [0.1, 0.15) is 5.03 Å². The number of aromatic nitrogens is 4. The van der Waals surface area contributed by atoms with Gasteiger partial charge in [-0.2, -0.15) is 0 Å². The first kappa shape index (κ1) is 12.1. The maximum atomic E-state index is 5.80. The van der Waals surface area contributed by atoms with Crippen molar-refractivity contribution >= 4 is 17.4 Å². The van der Waals surface area contributed by atoms with Crippen LogP contribution in [0.1, 0.15) is 18.5 Å². The summed E-state index contributed by atoms with van der Waals surface area (Å²) >= 11 is 1.48. The van der Waals surface area contributed by atoms with Crippen LogP contribution in [0.5, 0.6) is 0 Å². The van der Waals surface area contributed by atoms with Crippen LogP contribution in [0, 0.1) is 0 Å². The maximum absolute atomic E-state index is 5.80. The molecule has 3 aromatic heterocycles. The molecule has 0 bridgehead atoms. The minimum atomic E-state index is 0.000437. The second-order valence-electron chi connectivity index (χ2n) is 4.23. The van der Waals surface area contributed by atoms with E-state index >= 15 is 0 Å². The Labute approximate surface area is 114 Å². The Morgan fingerprint density at radius 3 is 2.84 bits per heavy atom. The third-order valence-corrected chi connectivity index (χ3v) is 3.67. The molecule has 0 saturated carbocycles. The van der Waals surface area contributed by atoms with Crippen LogP contribution in [-0.2, 0) is 0 Å². The zero-order valence-electron chi connectivity index (χ0n) is 10.4. The Balaban J connectivity index is 1.88. The van der Waals surface area contributed by atoms with Gasteiger partial charge in [0.25, 0.3) is 0 Å². The fourth-order valence-corrected chi connectivity index (χ4v) is 2.47. The number of fused-ring (bicyclic) bond motifs is 1. The quantitative estimate of drug-likeness (QED) is 0.791. The van der Waals surface area contributed by atoms with Crippen LogP contribution in [0.25, 0.3) is 5.65 Å². The van der Waals surface area contributed by atoms with Gasteiger partial charge in [-0.05, 0) is 42.4 Å². The SMILES string of the molecule is C[C@@H](N)c1ccc(Sc2nnc3ccccn23)nc1. The van der Waals surface area contributed by atoms with E-state index in [2.05, 4.69) is 15.2 Å². The van der Waals surface area contributed by atoms with Gasteiger partial charge in [0.2, 0.25) is 5.16 Å². The predicted molar refractivity (Wildman–Crippen MR) is 73.9 cm³/mol. The third-order valence-electron chi connectivity index (χ3n) is 2.76. The monoisotopic (exact) mass is 271 g/mol. The standard InChI is InChI=1S/C13H13N5S/c1-9(14)10-5-6-12(15-8-10)19-13-17-16-11-4-2-3-7-18(11)13/h2-9H,14H2,1H3/t9-/m1/s1. The second kappa shape index (κ2) is 4.99. The molecule has 6 heteroatoms. The molecule has 1 atom stereocenters. The van der Waals surface area contributed by atoms with E-state index in [0.29, 0.717) is 0 Å². The van der Waals surface area contributed by atoms with Crippen molar-refractivity contribution in [1.29, 1.82) is 0 Å². The van der Waals surface area contributed by atoms with E-state index in [0.717, 1.165) is 21.4 Å². The lowest BCUT2D eigenvalue weighted by molar-refractivity contribution is 0.805. The van der Waals surface area contributed by atoms with Crippen molar-refractivity contribution in [2.24, 2.45) is 5.73 Å². The van der Waals surface area contributed by atoms with Crippen LogP contribution >= 0.6 is 11.8 Å². The van der Waals surface area contributed by atoms with E-state index in [1.165, 1.54) is 11.8 Å². The van der Waals surface area contributed by atoms with E-state index in [1.54, 1.807) is 6.20 Å². The molecule has 3 rings (SSSR count). The van der Waals surface area contributed by atoms with E-state index in [9.17, 15) is 0 Å². The third kappa shape index (κ3) is 2.45. The number of nitrogens with two attached hydrogens (primary N) is 1. The molecule has 5 nitrogen and oxygen atoms in total. The predicted octanol–water partition coefficient (Wildman–Crippen LogP) is 2.30. The molecule has 0 aliphatic carbocycles. The maximum Gasteiger partial charge on any atom is 0.201 e. The van der Waals surface area contributed by atoms with Crippen LogP contribution in [0.3, 0.4) is 0 Å². The van der Waals surface area contributed by atoms with E-state index in [-0.39, 0.29) is 6.04 Å². The summed E-state index contributed by atoms with van der Waals surface area (Å²) in [5.41, 5.74) is 7.66. The molecule has 0 spiro atoms. The van der Waals surface area contributed by atoms with Crippen LogP contribution < -0.4 is 5.73 Å². The fourth-order valence-electron chi connectivity index (χ4n) is 1.70. The summed E-state index contributed by atoms with van der Waals surface area (Å²) in [7, 11) is 0. The Morgan fingerprint density at radius 2 is 2.11 bits per heavy atom. The average Bonchev–Trinajstić information content (AvgIpc) is 2.83. The number of hydrogen-bond acceptors (Lipinski definition) is 5. The van der Waals surface area contributed by atoms with Gasteiger partial charge in [-0.15, -0.1) is 10.2 Å². The summed E-state index contributed by atoms with van der Waals surface area (Å²) in [6.07, 6.45) is 3.74. The molecule has 0 aliphatic rings. The van der Waals surface area contributed by atoms with Gasteiger partial charge in [0.05, 0.1) is 0 Å². The number of pyridine rings is 2. The lowest BCUT2D eigenvalue weighted by Gasteiger charge is -2.05. The van der Waals surface area contributed by atoms with Crippen molar-refractivity contribution in [3.05, 3.63) is 48.3 Å². The van der Waals surface area contributed by atoms with Gasteiger partial charge < -0.3 is 5.73 Å². The highest BCUT2D eigenvalue weighted by atomic mass is 32.2. The van der Waals surface area contributed by atoms with Crippen molar-refractivity contribution in [2.45, 2.75) is 23.1 Å². The zero-order valence-corrected chi connectivity index (χ0v) is 11.2. The molecular formula is C13H13N5S. The molecule has 0 amide bonds. The molecule has 0 aromatic carbocycles. The van der Waals surface area contributed by atoms with Gasteiger partial charge in [-0.25, -0.2) is 4.98 Å². The Kier molecular flexibility index (Phi) is 3.18. The van der Waals surface area contributed by atoms with Crippen molar-refractivity contribution in [1.82, 2.24) is 19.6 Å². The molecule has 0 unspecified atom stereocenters. The summed E-state index contributed by atoms with van der Waals surface area (Å²) in [5, 5.41) is 9.94. The zero-order chi connectivity index (χ0) is 13.2. The largest absolute Gasteiger partial charge is 0.324 e. The molecule has 19 heavy (non-hydrogen) atoms. The molecule has 96 valence electrons. The van der Waals surface area contributed by atoms with E-state index in [1.807, 2.05) is 47.9 Å². The second-order valence-corrected chi connectivity index (χ2v) is 5.22. The van der Waals surface area contributed by atoms with Gasteiger partial charge >= 0.3 is 0 Å². The van der Waals surface area contributed by atoms with E-state index < -0.39 is 0 Å². The smallest absolute Gasteiger partial charge is 0.201 e. The minimum absolute atomic E-state index is 0.000437. The number of nitrogens with zero attached hydrogens (tertiary/aromatic N) is 4. The molecule has 3 heterocycles. The first-order valence-corrected chi connectivity index (χ1v) is 6.75. The molecule has 0 radical (unpaired) electrons. The van der Waals surface area contributed by atoms with Crippen LogP contribution in [0.2, 0.25) is 0 Å². The number of rotatable bonds is 3. The summed E-state index contributed by atoms with van der Waals surface area (Å²) < 4.78 is 1.94. The van der Waals surface area contributed by atoms with Gasteiger partial charge in [-0.1, -0.05) is 12.1 Å². The summed E-state index contributed by atoms with van der Waals surface area (Å²) in [6, 6.07) is 9.75. The first-order valence-electron chi connectivity index (χ1n) is 5.93. The summed E-state index contributed by atoms with van der Waals surface area (Å²) in [6.45, 7) is 1.94. The highest BCUT2D eigenvalue weighted by molar-refractivity contribution is 7.99. The van der Waals surface area contributed by atoms with Crippen molar-refractivity contribution in [3.63, 3.8) is 0 Å². The van der Waals surface area contributed by atoms with E-state index in [4.69, 9.17) is 5.73 Å². The normalized spacial score (nSPS) is 12.7. The van der Waals surface area contributed by atoms with Crippen LogP contribution in [0.15, 0.2) is 52.9 Å². The highest BCUT2D eigenvalue weighted by Gasteiger charge is 2.08. The van der Waals surface area contributed by atoms with Gasteiger partial charge in [-0.3, -0.25) is 4.40 Å². The van der Waals surface area contributed by atoms with Crippen molar-refractivity contribution in [3.8, 4) is 0 Å². The topological polar surface area (TPSA) is 69.1 Å². The Bertz CT molecular complexity index is 690. The lowest BCUT2D eigenvalue weighted by Crippen LogP contribution is -2.05. The fraction of sp³-hybridized carbons (Fsp3) is 0.154. The Hall–Kier alpha value is -1.92. The molecule has 2 N–H and O–H groups in total. The average molecular weight is 271 g/mol. The van der Waals surface area contributed by atoms with Crippen molar-refractivity contribution < 1.29 is 0 Å². The molecule has 0 aliphatic heterocycles. The van der Waals surface area contributed by atoms with Crippen LogP contribution in [0.4, 0.5) is 0 Å². The minimum Gasteiger partial charge on any atom is -0.324 e. The Morgan fingerprint density at radius 1 is 1.21 bits per heavy atom.